The van der Waals surface area contributed by atoms with Crippen molar-refractivity contribution in [3.63, 3.8) is 0 Å². The number of halogens is 2. The highest BCUT2D eigenvalue weighted by Crippen LogP contribution is 2.46. The summed E-state index contributed by atoms with van der Waals surface area (Å²) in [5, 5.41) is 27.5. The van der Waals surface area contributed by atoms with E-state index in [0.717, 1.165) is 186 Å². The average molecular weight is 1920 g/mol. The summed E-state index contributed by atoms with van der Waals surface area (Å²) < 4.78 is 80.3. The number of piperazine rings is 2. The highest BCUT2D eigenvalue weighted by Gasteiger charge is 2.35. The number of aryl methyl sites for hydroxylation is 2. The molecule has 4 fully saturated rings. The molecule has 6 aromatic carbocycles. The Balaban J connectivity index is 0.000000203. The second-order valence-corrected chi connectivity index (χ2v) is 46.8. The van der Waals surface area contributed by atoms with Crippen LogP contribution in [0.1, 0.15) is 129 Å². The number of hydrogen-bond acceptors (Lipinski definition) is 22. The van der Waals surface area contributed by atoms with E-state index in [2.05, 4.69) is 136 Å². The number of nitrogens with zero attached hydrogens (tertiary/aromatic N) is 13. The molecule has 4 N–H and O–H groups in total. The minimum absolute atomic E-state index is 0.0405. The van der Waals surface area contributed by atoms with Gasteiger partial charge >= 0.3 is 0 Å². The molecule has 6 aliphatic rings. The van der Waals surface area contributed by atoms with Crippen molar-refractivity contribution in [1.29, 1.82) is 0 Å². The van der Waals surface area contributed by atoms with Crippen LogP contribution in [-0.4, -0.2) is 223 Å². The summed E-state index contributed by atoms with van der Waals surface area (Å²) in [7, 11) is -12.2. The summed E-state index contributed by atoms with van der Waals surface area (Å²) in [6.45, 7) is 30.0. The van der Waals surface area contributed by atoms with Gasteiger partial charge in [0.2, 0.25) is 5.91 Å². The Morgan fingerprint density at radius 1 is 0.541 bits per heavy atom. The number of hydrogen-bond donors (Lipinski definition) is 4. The van der Waals surface area contributed by atoms with Crippen molar-refractivity contribution in [2.24, 2.45) is 19.7 Å². The third-order valence-corrected chi connectivity index (χ3v) is 33.8. The van der Waals surface area contributed by atoms with E-state index in [1.54, 1.807) is 60.9 Å². The fourth-order valence-electron chi connectivity index (χ4n) is 18.2. The van der Waals surface area contributed by atoms with E-state index in [4.69, 9.17) is 39.2 Å². The number of aromatic nitrogens is 4. The first-order chi connectivity index (χ1) is 63.5. The van der Waals surface area contributed by atoms with E-state index < -0.39 is 70.3 Å². The van der Waals surface area contributed by atoms with Crippen LogP contribution in [-0.2, 0) is 56.5 Å². The molecule has 3 amide bonds. The number of carbonyl (C=O) groups is 3. The minimum Gasteiger partial charge on any atom is -0.455 e. The molecule has 2 aliphatic carbocycles. The van der Waals surface area contributed by atoms with Crippen molar-refractivity contribution < 1.29 is 50.5 Å². The number of sulfonamides is 2. The summed E-state index contributed by atoms with van der Waals surface area (Å²) in [6.07, 6.45) is 14.8. The number of nitrogens with one attached hydrogen (secondary N) is 4. The van der Waals surface area contributed by atoms with E-state index in [1.807, 2.05) is 36.4 Å². The molecule has 0 saturated carbocycles. The Labute approximate surface area is 787 Å². The predicted molar refractivity (Wildman–Crippen MR) is 530 cm³/mol. The standard InChI is InChI=1S/C49H57ClN8O7S2.C48H54ClN9O6S2/c1-34(59)53-66(4)26-24-55(25-27-66)19-5-6-36-9-13-42(30-45(36)58(61)62)67(63,64)54-48(60)43-14-12-40(29-46(43)65-41-28-37-16-18-51-47(37)52-32-41)57-22-20-56(21-23-57)33-38-15-17-49(2,3)31-44(38)35-7-10-39(50)11-8-35;1-48(2)17-15-37(43(31-48)34-7-10-38(49)11-8-34)33-56-20-22-57(23-21-56)39-12-14-42(45(29-39)64-40-28-36-16-18-51-46(36)52-32-40)47(59)53-66(62,63)41-13-9-35(44(30-41)58(60)61)6-5-19-55-24-26-65(4,27-25-55)54-50-3/h7-14,16,18,28-30,32H,4-6,15,17,19-27,31,33H2,1-3H3,(H,51,52)(H,54,60);7-14,16,18,28-30,32H,4-6,15,17,19-27,31,33H2,1-2H3,(H,51,52)(H,53,59). The molecule has 0 radical (unpaired) electrons. The average Bonchev–Trinajstić information content (AvgIpc) is 0.840. The van der Waals surface area contributed by atoms with E-state index in [-0.39, 0.29) is 50.7 Å². The molecule has 4 aliphatic heterocycles. The number of nitro benzene ring substituents is 2. The van der Waals surface area contributed by atoms with Crippen LogP contribution < -0.4 is 28.7 Å². The topological polar surface area (TPSA) is 354 Å². The lowest BCUT2D eigenvalue weighted by Gasteiger charge is -2.39. The predicted octanol–water partition coefficient (Wildman–Crippen LogP) is 17.1. The van der Waals surface area contributed by atoms with E-state index in [0.29, 0.717) is 84.2 Å². The van der Waals surface area contributed by atoms with Crippen molar-refractivity contribution in [3.8, 4) is 23.0 Å². The molecule has 0 unspecified atom stereocenters. The second-order valence-electron chi connectivity index (χ2n) is 36.6. The summed E-state index contributed by atoms with van der Waals surface area (Å²) in [4.78, 5) is 94.0. The van der Waals surface area contributed by atoms with Crippen LogP contribution in [0.5, 0.6) is 23.0 Å². The van der Waals surface area contributed by atoms with Crippen molar-refractivity contribution in [2.45, 2.75) is 109 Å². The zero-order valence-electron chi connectivity index (χ0n) is 75.3. The summed E-state index contributed by atoms with van der Waals surface area (Å²) >= 11 is 12.5. The number of amides is 3. The van der Waals surface area contributed by atoms with Crippen LogP contribution in [0.25, 0.3) is 38.2 Å². The van der Waals surface area contributed by atoms with Gasteiger partial charge < -0.3 is 39.0 Å². The van der Waals surface area contributed by atoms with E-state index in [1.165, 1.54) is 77.0 Å². The highest BCUT2D eigenvalue weighted by atomic mass is 35.5. The first-order valence-electron chi connectivity index (χ1n) is 44.6. The summed E-state index contributed by atoms with van der Waals surface area (Å²) in [5.74, 6) is 10.1. The molecular formula is C97H111Cl2N17O13S4. The molecule has 30 nitrogen and oxygen atoms in total. The van der Waals surface area contributed by atoms with Crippen molar-refractivity contribution >= 4 is 148 Å². The van der Waals surface area contributed by atoms with Gasteiger partial charge in [0, 0.05) is 202 Å². The number of carbonyl (C=O) groups excluding carboxylic acids is 3. The second kappa shape index (κ2) is 41.2. The Morgan fingerprint density at radius 2 is 0.940 bits per heavy atom. The first-order valence-corrected chi connectivity index (χ1v) is 52.5. The SMILES string of the molecule is C=S1(=NC(C)=O)CCN(CCCc2ccc(S(=O)(=O)NC(=O)c3ccc(N4CCN(CC5=C(c6ccc(Cl)cc6)CC(C)(C)CC5)CC4)cc3Oc3cnc4[nH]ccc4c3)cc2[N+](=O)[O-])CC1.[C-]#[N+]N=S1(=C)CCN(CCCc2ccc(S(=O)(=O)NC(=O)c3ccc(N4CCN(CC5=C(c6ccc(Cl)cc6)CC(C)(C)CC5)CC4)cc3Oc3cnc4[nH]ccc4c3)cc2[N+](=O)[O-])CC1. The number of allylic oxidation sites excluding steroid dienone is 2. The normalized spacial score (nSPS) is 17.9. The minimum atomic E-state index is -4.57. The molecule has 10 aromatic rings. The lowest BCUT2D eigenvalue weighted by Crippen LogP contribution is -2.47. The maximum atomic E-state index is 14.0. The van der Waals surface area contributed by atoms with Crippen LogP contribution >= 0.6 is 23.2 Å². The lowest BCUT2D eigenvalue weighted by molar-refractivity contribution is -0.385. The zero-order valence-corrected chi connectivity index (χ0v) is 80.1. The molecule has 36 heteroatoms. The van der Waals surface area contributed by atoms with Crippen molar-refractivity contribution in [2.75, 3.05) is 138 Å². The largest absolute Gasteiger partial charge is 0.455 e. The highest BCUT2D eigenvalue weighted by molar-refractivity contribution is 8.02. The molecule has 0 bridgehead atoms. The number of pyridine rings is 2. The van der Waals surface area contributed by atoms with Gasteiger partial charge in [-0.15, -0.1) is 14.4 Å². The number of nitro groups is 2. The quantitative estimate of drug-likeness (QED) is 0.0153. The van der Waals surface area contributed by atoms with Gasteiger partial charge in [-0.25, -0.2) is 36.2 Å². The van der Waals surface area contributed by atoms with Gasteiger partial charge in [0.15, 0.2) is 0 Å². The van der Waals surface area contributed by atoms with Crippen LogP contribution in [0.3, 0.4) is 0 Å². The third-order valence-electron chi connectivity index (χ3n) is 25.8. The van der Waals surface area contributed by atoms with E-state index >= 15 is 0 Å². The monoisotopic (exact) mass is 1920 g/mol. The van der Waals surface area contributed by atoms with E-state index in [9.17, 15) is 51.4 Å². The van der Waals surface area contributed by atoms with Gasteiger partial charge in [0.05, 0.1) is 43.2 Å². The van der Waals surface area contributed by atoms with Gasteiger partial charge in [-0.1, -0.05) is 120 Å². The van der Waals surface area contributed by atoms with Crippen molar-refractivity contribution in [1.82, 2.24) is 49.0 Å². The maximum Gasteiger partial charge on any atom is 0.273 e. The Kier molecular flexibility index (Phi) is 29.8. The molecule has 133 heavy (non-hydrogen) atoms. The third kappa shape index (κ3) is 24.4. The summed E-state index contributed by atoms with van der Waals surface area (Å²) in [5.41, 5.74) is 11.5. The van der Waals surface area contributed by atoms with Gasteiger partial charge in [0.25, 0.3) is 43.2 Å². The number of anilines is 2. The molecule has 4 saturated heterocycles. The fraction of sp³-hybridized carbons (Fsp3) is 0.381. The molecule has 8 heterocycles. The molecule has 4 aromatic heterocycles. The van der Waals surface area contributed by atoms with Gasteiger partial charge in [0.1, 0.15) is 38.8 Å². The Morgan fingerprint density at radius 3 is 1.32 bits per heavy atom. The zero-order chi connectivity index (χ0) is 94.2. The molecule has 700 valence electrons. The lowest BCUT2D eigenvalue weighted by atomic mass is 9.72. The van der Waals surface area contributed by atoms with Crippen molar-refractivity contribution in [3.05, 3.63) is 257 Å². The molecule has 16 rings (SSSR count). The number of ether oxygens (including phenoxy) is 2. The van der Waals surface area contributed by atoms with Crippen LogP contribution in [0, 0.1) is 37.6 Å². The molecule has 0 atom stereocenters. The van der Waals surface area contributed by atoms with Gasteiger partial charge in [-0.3, -0.25) is 44.4 Å². The first kappa shape index (κ1) is 96.2. The van der Waals surface area contributed by atoms with Gasteiger partial charge in [-0.05, 0) is 195 Å². The van der Waals surface area contributed by atoms with Crippen LogP contribution in [0.15, 0.2) is 200 Å². The Bertz CT molecular complexity index is 6710. The Hall–Kier alpha value is -11.4. The molecular weight excluding hydrogens is 1810 g/mol. The number of H-pyrrole nitrogens is 2. The molecule has 0 spiro atoms. The summed E-state index contributed by atoms with van der Waals surface area (Å²) in [6, 6.07) is 41.1. The maximum absolute atomic E-state index is 14.0. The number of rotatable bonds is 28. The van der Waals surface area contributed by atoms with Crippen LogP contribution in [0.2, 0.25) is 10.0 Å². The van der Waals surface area contributed by atoms with Crippen LogP contribution in [0.4, 0.5) is 22.7 Å². The van der Waals surface area contributed by atoms with Gasteiger partial charge in [-0.2, -0.15) is 10.9 Å². The number of aromatic amines is 2. The smallest absolute Gasteiger partial charge is 0.273 e. The number of fused-ring (bicyclic) bond motifs is 2. The fourth-order valence-corrected chi connectivity index (χ4v) is 24.3. The number of benzene rings is 6.